The second kappa shape index (κ2) is 6.67. The van der Waals surface area contributed by atoms with Gasteiger partial charge in [-0.1, -0.05) is 24.3 Å². The van der Waals surface area contributed by atoms with E-state index in [1.54, 1.807) is 18.2 Å². The predicted molar refractivity (Wildman–Crippen MR) is 75.0 cm³/mol. The normalized spacial score (nSPS) is 28.3. The number of halogens is 5. The average molecular weight is 390 g/mol. The summed E-state index contributed by atoms with van der Waals surface area (Å²) in [5.74, 6) is -2.67. The Morgan fingerprint density at radius 1 is 1.08 bits per heavy atom. The van der Waals surface area contributed by atoms with Gasteiger partial charge >= 0.3 is 27.5 Å². The van der Waals surface area contributed by atoms with Crippen LogP contribution in [0.4, 0.5) is 22.0 Å². The van der Waals surface area contributed by atoms with Crippen LogP contribution in [0.25, 0.3) is 0 Å². The third-order valence-electron chi connectivity index (χ3n) is 4.30. The van der Waals surface area contributed by atoms with Crippen molar-refractivity contribution < 1.29 is 44.5 Å². The number of alkyl halides is 5. The molecule has 0 amide bonds. The molecular weight excluding hydrogens is 375 g/mol. The number of esters is 1. The SMILES string of the molecule is O=C(OC(C(F)(F)F)C(F)(F)S(=O)(=O)O)C1CCC2C=CC=CC2C1. The molecule has 4 unspecified atom stereocenters. The fourth-order valence-corrected chi connectivity index (χ4v) is 3.44. The van der Waals surface area contributed by atoms with Gasteiger partial charge in [-0.3, -0.25) is 9.35 Å². The van der Waals surface area contributed by atoms with Crippen LogP contribution in [0.5, 0.6) is 0 Å². The van der Waals surface area contributed by atoms with Crippen molar-refractivity contribution in [3.05, 3.63) is 24.3 Å². The summed E-state index contributed by atoms with van der Waals surface area (Å²) in [5, 5.41) is -5.70. The average Bonchev–Trinajstić information content (AvgIpc) is 2.49. The van der Waals surface area contributed by atoms with E-state index in [0.29, 0.717) is 6.42 Å². The molecule has 1 saturated carbocycles. The van der Waals surface area contributed by atoms with E-state index in [1.165, 1.54) is 0 Å². The summed E-state index contributed by atoms with van der Waals surface area (Å²) in [4.78, 5) is 11.9. The summed E-state index contributed by atoms with van der Waals surface area (Å²) in [7, 11) is -6.43. The van der Waals surface area contributed by atoms with E-state index in [4.69, 9.17) is 4.55 Å². The van der Waals surface area contributed by atoms with Gasteiger partial charge in [-0.2, -0.15) is 30.4 Å². The van der Waals surface area contributed by atoms with Gasteiger partial charge in [0, 0.05) is 0 Å². The van der Waals surface area contributed by atoms with Gasteiger partial charge in [0.05, 0.1) is 5.92 Å². The second-order valence-corrected chi connectivity index (χ2v) is 7.50. The molecule has 0 aromatic carbocycles. The molecule has 0 aliphatic heterocycles. The third kappa shape index (κ3) is 4.20. The minimum Gasteiger partial charge on any atom is -0.444 e. The first kappa shape index (κ1) is 19.8. The summed E-state index contributed by atoms with van der Waals surface area (Å²) in [6.07, 6.45) is -2.31. The van der Waals surface area contributed by atoms with E-state index in [9.17, 15) is 35.2 Å². The largest absolute Gasteiger partial charge is 0.444 e. The van der Waals surface area contributed by atoms with Gasteiger partial charge in [0.25, 0.3) is 6.10 Å². The van der Waals surface area contributed by atoms with Crippen LogP contribution in [0.2, 0.25) is 0 Å². The molecule has 0 saturated heterocycles. The monoisotopic (exact) mass is 390 g/mol. The number of hydrogen-bond acceptors (Lipinski definition) is 4. The van der Waals surface area contributed by atoms with Crippen molar-refractivity contribution in [2.45, 2.75) is 36.8 Å². The molecule has 0 aromatic rings. The van der Waals surface area contributed by atoms with Crippen molar-refractivity contribution in [3.63, 3.8) is 0 Å². The van der Waals surface area contributed by atoms with E-state index in [1.807, 2.05) is 6.08 Å². The Morgan fingerprint density at radius 3 is 2.16 bits per heavy atom. The van der Waals surface area contributed by atoms with Gasteiger partial charge in [-0.05, 0) is 31.1 Å². The zero-order valence-corrected chi connectivity index (χ0v) is 13.4. The summed E-state index contributed by atoms with van der Waals surface area (Å²) in [6, 6.07) is 0. The molecule has 142 valence electrons. The first-order valence-electron chi connectivity index (χ1n) is 7.31. The Hall–Kier alpha value is -1.49. The fraction of sp³-hybridized carbons (Fsp3) is 0.643. The molecule has 0 heterocycles. The number of hydrogen-bond donors (Lipinski definition) is 1. The standard InChI is InChI=1S/C14H15F5O5S/c15-13(16,17)12(14(18,19)25(21,22)23)24-11(20)10-6-5-8-3-1-2-4-9(8)7-10/h1-4,8-10,12H,5-7H2,(H,21,22,23). The van der Waals surface area contributed by atoms with Crippen molar-refractivity contribution in [3.8, 4) is 0 Å². The summed E-state index contributed by atoms with van der Waals surface area (Å²) in [6.45, 7) is 0. The molecule has 0 spiro atoms. The lowest BCUT2D eigenvalue weighted by Crippen LogP contribution is -2.52. The van der Waals surface area contributed by atoms with Crippen LogP contribution in [0.15, 0.2) is 24.3 Å². The van der Waals surface area contributed by atoms with Gasteiger partial charge in [0.15, 0.2) is 0 Å². The maximum absolute atomic E-state index is 13.4. The highest BCUT2D eigenvalue weighted by molar-refractivity contribution is 7.86. The Bertz CT molecular complexity index is 682. The topological polar surface area (TPSA) is 80.7 Å². The van der Waals surface area contributed by atoms with E-state index < -0.39 is 39.5 Å². The van der Waals surface area contributed by atoms with E-state index in [-0.39, 0.29) is 24.7 Å². The third-order valence-corrected chi connectivity index (χ3v) is 5.20. The molecule has 0 aromatic heterocycles. The van der Waals surface area contributed by atoms with Crippen LogP contribution >= 0.6 is 0 Å². The van der Waals surface area contributed by atoms with Crippen LogP contribution in [0.3, 0.4) is 0 Å². The molecule has 25 heavy (non-hydrogen) atoms. The number of carbonyl (C=O) groups excluding carboxylic acids is 1. The van der Waals surface area contributed by atoms with Crippen molar-refractivity contribution >= 4 is 16.1 Å². The number of carbonyl (C=O) groups is 1. The van der Waals surface area contributed by atoms with Gasteiger partial charge in [-0.15, -0.1) is 0 Å². The van der Waals surface area contributed by atoms with Crippen molar-refractivity contribution in [2.24, 2.45) is 17.8 Å². The molecule has 2 aliphatic rings. The van der Waals surface area contributed by atoms with Crippen molar-refractivity contribution in [2.75, 3.05) is 0 Å². The lowest BCUT2D eigenvalue weighted by atomic mass is 9.72. The van der Waals surface area contributed by atoms with E-state index in [2.05, 4.69) is 4.74 Å². The molecule has 1 N–H and O–H groups in total. The molecule has 2 aliphatic carbocycles. The van der Waals surface area contributed by atoms with E-state index in [0.717, 1.165) is 0 Å². The predicted octanol–water partition coefficient (Wildman–Crippen LogP) is 3.10. The summed E-state index contributed by atoms with van der Waals surface area (Å²) in [5.41, 5.74) is 0. The van der Waals surface area contributed by atoms with Gasteiger partial charge in [0.2, 0.25) is 0 Å². The molecule has 5 nitrogen and oxygen atoms in total. The Kier molecular flexibility index (Phi) is 5.29. The zero-order valence-electron chi connectivity index (χ0n) is 12.6. The zero-order chi connectivity index (χ0) is 19.0. The number of rotatable bonds is 4. The smallest absolute Gasteiger partial charge is 0.432 e. The van der Waals surface area contributed by atoms with Crippen LogP contribution in [0.1, 0.15) is 19.3 Å². The first-order valence-corrected chi connectivity index (χ1v) is 8.75. The van der Waals surface area contributed by atoms with Crippen LogP contribution in [0, 0.1) is 17.8 Å². The Balaban J connectivity index is 2.15. The van der Waals surface area contributed by atoms with Crippen LogP contribution in [-0.4, -0.2) is 36.5 Å². The molecule has 0 radical (unpaired) electrons. The lowest BCUT2D eigenvalue weighted by Gasteiger charge is -2.34. The minimum absolute atomic E-state index is 0.103. The molecule has 2 rings (SSSR count). The lowest BCUT2D eigenvalue weighted by molar-refractivity contribution is -0.261. The Morgan fingerprint density at radius 2 is 1.64 bits per heavy atom. The highest BCUT2D eigenvalue weighted by Gasteiger charge is 2.66. The number of fused-ring (bicyclic) bond motifs is 1. The maximum Gasteiger partial charge on any atom is 0.432 e. The molecule has 1 fully saturated rings. The Labute approximate surface area is 140 Å². The van der Waals surface area contributed by atoms with Gasteiger partial charge in [-0.25, -0.2) is 0 Å². The minimum atomic E-state index is -6.43. The van der Waals surface area contributed by atoms with Crippen molar-refractivity contribution in [1.29, 1.82) is 0 Å². The summed E-state index contributed by atoms with van der Waals surface area (Å²) < 4.78 is 98.6. The molecule has 4 atom stereocenters. The molecule has 11 heteroatoms. The van der Waals surface area contributed by atoms with E-state index >= 15 is 0 Å². The van der Waals surface area contributed by atoms with Crippen molar-refractivity contribution in [1.82, 2.24) is 0 Å². The highest BCUT2D eigenvalue weighted by Crippen LogP contribution is 2.41. The number of ether oxygens (including phenoxy) is 1. The van der Waals surface area contributed by atoms with Gasteiger partial charge < -0.3 is 4.74 Å². The quantitative estimate of drug-likeness (QED) is 0.453. The van der Waals surface area contributed by atoms with Crippen LogP contribution in [-0.2, 0) is 19.6 Å². The molecular formula is C14H15F5O5S. The second-order valence-electron chi connectivity index (χ2n) is 6.00. The summed E-state index contributed by atoms with van der Waals surface area (Å²) >= 11 is 0. The van der Waals surface area contributed by atoms with Crippen LogP contribution < -0.4 is 0 Å². The highest BCUT2D eigenvalue weighted by atomic mass is 32.2. The molecule has 0 bridgehead atoms. The first-order chi connectivity index (χ1) is 11.3. The van der Waals surface area contributed by atoms with Gasteiger partial charge in [0.1, 0.15) is 0 Å². The fourth-order valence-electron chi connectivity index (χ4n) is 2.99. The maximum atomic E-state index is 13.4. The number of allylic oxidation sites excluding steroid dienone is 4.